The Balaban J connectivity index is 2.66. The third-order valence-corrected chi connectivity index (χ3v) is 1.84. The van der Waals surface area contributed by atoms with Crippen molar-refractivity contribution < 1.29 is 4.39 Å². The molecule has 61 valence electrons. The maximum atomic E-state index is 11.7. The van der Waals surface area contributed by atoms with Crippen molar-refractivity contribution in [1.29, 1.82) is 0 Å². The van der Waals surface area contributed by atoms with Crippen molar-refractivity contribution in [2.75, 3.05) is 0 Å². The van der Waals surface area contributed by atoms with Crippen molar-refractivity contribution in [3.63, 3.8) is 0 Å². The highest BCUT2D eigenvalue weighted by molar-refractivity contribution is 5.83. The monoisotopic (exact) mass is 169 g/mol. The third-order valence-electron chi connectivity index (χ3n) is 1.84. The first-order valence-electron chi connectivity index (χ1n) is 3.93. The molecule has 1 radical (unpaired) electrons. The normalized spacial score (nSPS) is 9.31. The van der Waals surface area contributed by atoms with Crippen molar-refractivity contribution in [3.8, 4) is 12.1 Å². The second-order valence-electron chi connectivity index (χ2n) is 2.68. The van der Waals surface area contributed by atoms with Crippen molar-refractivity contribution in [1.82, 2.24) is 0 Å². The Bertz CT molecular complexity index is 489. The predicted molar refractivity (Wildman–Crippen MR) is 50.8 cm³/mol. The van der Waals surface area contributed by atoms with Crippen LogP contribution in [0.25, 0.3) is 10.8 Å². The van der Waals surface area contributed by atoms with Gasteiger partial charge in [0.25, 0.3) is 0 Å². The lowest BCUT2D eigenvalue weighted by Crippen LogP contribution is -1.76. The van der Waals surface area contributed by atoms with E-state index >= 15 is 0 Å². The Kier molecular flexibility index (Phi) is 1.97. The lowest BCUT2D eigenvalue weighted by Gasteiger charge is -1.95. The highest BCUT2D eigenvalue weighted by Crippen LogP contribution is 2.13. The zero-order chi connectivity index (χ0) is 9.10. The number of rotatable bonds is 0. The predicted octanol–water partition coefficient (Wildman–Crippen LogP) is 2.92. The van der Waals surface area contributed by atoms with Gasteiger partial charge in [0, 0.05) is 11.6 Å². The summed E-state index contributed by atoms with van der Waals surface area (Å²) in [5.74, 6) is 2.33. The third kappa shape index (κ3) is 1.52. The van der Waals surface area contributed by atoms with Crippen molar-refractivity contribution >= 4 is 10.8 Å². The van der Waals surface area contributed by atoms with E-state index in [0.717, 1.165) is 10.8 Å². The van der Waals surface area contributed by atoms with Crippen LogP contribution in [-0.2, 0) is 0 Å². The molecule has 0 saturated carbocycles. The number of halogens is 1. The molecule has 0 aliphatic carbocycles. The average Bonchev–Trinajstić information content (AvgIpc) is 2.18. The van der Waals surface area contributed by atoms with E-state index < -0.39 is 0 Å². The van der Waals surface area contributed by atoms with Crippen LogP contribution in [-0.4, -0.2) is 0 Å². The molecule has 0 unspecified atom stereocenters. The van der Waals surface area contributed by atoms with E-state index in [1.807, 2.05) is 30.3 Å². The fraction of sp³-hybridized carbons (Fsp3) is 0. The molecule has 0 heterocycles. The van der Waals surface area contributed by atoms with Crippen LogP contribution >= 0.6 is 0 Å². The Morgan fingerprint density at radius 2 is 1.92 bits per heavy atom. The molecule has 0 amide bonds. The summed E-state index contributed by atoms with van der Waals surface area (Å²) in [4.78, 5) is 0. The molecular formula is C12H6F. The van der Waals surface area contributed by atoms with E-state index in [9.17, 15) is 4.39 Å². The quantitative estimate of drug-likeness (QED) is 0.532. The van der Waals surface area contributed by atoms with Gasteiger partial charge in [-0.1, -0.05) is 30.3 Å². The van der Waals surface area contributed by atoms with Gasteiger partial charge < -0.3 is 0 Å². The van der Waals surface area contributed by atoms with Crippen LogP contribution in [0.2, 0.25) is 0 Å². The lowest BCUT2D eigenvalue weighted by molar-refractivity contribution is 0.774. The molecule has 2 aromatic rings. The summed E-state index contributed by atoms with van der Waals surface area (Å²) < 4.78 is 11.7. The Hall–Kier alpha value is -1.81. The van der Waals surface area contributed by atoms with Crippen LogP contribution in [0.3, 0.4) is 0 Å². The molecule has 0 aromatic heterocycles. The molecule has 0 bridgehead atoms. The van der Waals surface area contributed by atoms with Crippen LogP contribution in [0.5, 0.6) is 0 Å². The first-order valence-corrected chi connectivity index (χ1v) is 3.93. The Morgan fingerprint density at radius 1 is 1.08 bits per heavy atom. The van der Waals surface area contributed by atoms with Crippen LogP contribution in [0.15, 0.2) is 36.4 Å². The van der Waals surface area contributed by atoms with Crippen LogP contribution < -0.4 is 0 Å². The summed E-state index contributed by atoms with van der Waals surface area (Å²) in [6.07, 6.45) is 1.37. The standard InChI is InChI=1S/C12H6F/c13-8-7-10-5-6-11-3-1-2-4-12(11)9-10/h1-6H. The zero-order valence-electron chi connectivity index (χ0n) is 6.84. The minimum Gasteiger partial charge on any atom is -0.144 e. The number of hydrogen-bond donors (Lipinski definition) is 0. The van der Waals surface area contributed by atoms with Gasteiger partial charge in [-0.15, -0.1) is 4.39 Å². The summed E-state index contributed by atoms with van der Waals surface area (Å²) in [6, 6.07) is 14.5. The summed E-state index contributed by atoms with van der Waals surface area (Å²) >= 11 is 0. The van der Waals surface area contributed by atoms with E-state index in [2.05, 4.69) is 12.0 Å². The minimum atomic E-state index is 0.584. The summed E-state index contributed by atoms with van der Waals surface area (Å²) in [6.45, 7) is 0. The largest absolute Gasteiger partial charge is 0.144 e. The minimum absolute atomic E-state index is 0.584. The molecule has 0 saturated heterocycles. The first kappa shape index (κ1) is 7.82. The number of hydrogen-bond acceptors (Lipinski definition) is 0. The average molecular weight is 169 g/mol. The molecule has 0 spiro atoms. The maximum Gasteiger partial charge on any atom is 0.111 e. The second kappa shape index (κ2) is 3.28. The van der Waals surface area contributed by atoms with Gasteiger partial charge in [0.05, 0.1) is 0 Å². The van der Waals surface area contributed by atoms with Crippen molar-refractivity contribution in [2.24, 2.45) is 0 Å². The zero-order valence-corrected chi connectivity index (χ0v) is 6.84. The molecule has 2 aromatic carbocycles. The highest BCUT2D eigenvalue weighted by atomic mass is 19.1. The smallest absolute Gasteiger partial charge is 0.111 e. The van der Waals surface area contributed by atoms with Crippen LogP contribution in [0, 0.1) is 18.2 Å². The molecule has 0 aliphatic heterocycles. The number of fused-ring (bicyclic) bond motifs is 1. The molecule has 2 rings (SSSR count). The molecular weight excluding hydrogens is 163 g/mol. The van der Waals surface area contributed by atoms with Crippen molar-refractivity contribution in [2.45, 2.75) is 0 Å². The van der Waals surface area contributed by atoms with E-state index in [1.165, 1.54) is 6.17 Å². The molecule has 1 heteroatoms. The molecule has 0 nitrogen and oxygen atoms in total. The topological polar surface area (TPSA) is 0 Å². The van der Waals surface area contributed by atoms with E-state index in [4.69, 9.17) is 0 Å². The summed E-state index contributed by atoms with van der Waals surface area (Å²) in [7, 11) is 0. The Labute approximate surface area is 76.0 Å². The fourth-order valence-corrected chi connectivity index (χ4v) is 1.24. The molecule has 0 fully saturated rings. The van der Waals surface area contributed by atoms with Gasteiger partial charge in [-0.2, -0.15) is 0 Å². The molecule has 0 N–H and O–H groups in total. The maximum absolute atomic E-state index is 11.7. The van der Waals surface area contributed by atoms with Crippen LogP contribution in [0.1, 0.15) is 5.56 Å². The Morgan fingerprint density at radius 3 is 2.77 bits per heavy atom. The highest BCUT2D eigenvalue weighted by Gasteiger charge is 1.92. The molecule has 0 aliphatic rings. The molecule has 0 atom stereocenters. The first-order chi connectivity index (χ1) is 6.40. The van der Waals surface area contributed by atoms with Gasteiger partial charge in [0.2, 0.25) is 0 Å². The number of benzene rings is 2. The van der Waals surface area contributed by atoms with Crippen LogP contribution in [0.4, 0.5) is 4.39 Å². The van der Waals surface area contributed by atoms with Gasteiger partial charge in [0.15, 0.2) is 0 Å². The van der Waals surface area contributed by atoms with Gasteiger partial charge in [-0.3, -0.25) is 0 Å². The van der Waals surface area contributed by atoms with Gasteiger partial charge in [0.1, 0.15) is 6.17 Å². The summed E-state index contributed by atoms with van der Waals surface area (Å²) in [5.41, 5.74) is 0.584. The second-order valence-corrected chi connectivity index (χ2v) is 2.68. The molecule has 13 heavy (non-hydrogen) atoms. The van der Waals surface area contributed by atoms with Crippen molar-refractivity contribution in [3.05, 3.63) is 48.0 Å². The van der Waals surface area contributed by atoms with E-state index in [-0.39, 0.29) is 0 Å². The summed E-state index contributed by atoms with van der Waals surface area (Å²) in [5, 5.41) is 2.05. The van der Waals surface area contributed by atoms with Gasteiger partial charge in [-0.25, -0.2) is 0 Å². The van der Waals surface area contributed by atoms with Gasteiger partial charge >= 0.3 is 0 Å². The SMILES string of the molecule is FC#Cc1[c]c2ccccc2cc1. The van der Waals surface area contributed by atoms with Gasteiger partial charge in [-0.05, 0) is 22.8 Å². The lowest BCUT2D eigenvalue weighted by atomic mass is 10.1. The van der Waals surface area contributed by atoms with E-state index in [1.54, 1.807) is 6.07 Å². The fourth-order valence-electron chi connectivity index (χ4n) is 1.24. The van der Waals surface area contributed by atoms with E-state index in [0.29, 0.717) is 5.56 Å².